The first-order valence-corrected chi connectivity index (χ1v) is 9.09. The van der Waals surface area contributed by atoms with Crippen molar-refractivity contribution in [1.29, 1.82) is 0 Å². The molecule has 0 radical (unpaired) electrons. The Morgan fingerprint density at radius 3 is 1.21 bits per heavy atom. The molecule has 0 amide bonds. The minimum atomic E-state index is 0.996. The maximum atomic E-state index is 3.95. The molecular weight excluding hydrogens is 311 g/mol. The van der Waals surface area contributed by atoms with E-state index in [0.29, 0.717) is 0 Å². The van der Waals surface area contributed by atoms with Gasteiger partial charge in [-0.15, -0.1) is 0 Å². The van der Waals surface area contributed by atoms with E-state index in [4.69, 9.17) is 0 Å². The number of nitrogens with zero attached hydrogens (tertiary/aromatic N) is 2. The van der Waals surface area contributed by atoms with Crippen molar-refractivity contribution in [2.24, 2.45) is 0 Å². The topological polar surface area (TPSA) is 6.48 Å². The fourth-order valence-corrected chi connectivity index (χ4v) is 4.64. The average molecular weight is 338 g/mol. The standard InChI is InChI=1S/C21H27N2P/c1-13-9-15(3)19(16(4)10-13)22-7-8-23(21(22)24)20-17(5)11-14(2)12-18(20)6/h9-12,24H,7-8H2,1-6H3. The van der Waals surface area contributed by atoms with Crippen LogP contribution in [0.4, 0.5) is 11.4 Å². The highest BCUT2D eigenvalue weighted by Crippen LogP contribution is 2.34. The largest absolute Gasteiger partial charge is 0.322 e. The Labute approximate surface area is 148 Å². The van der Waals surface area contributed by atoms with Gasteiger partial charge in [0.25, 0.3) is 0 Å². The van der Waals surface area contributed by atoms with E-state index in [0.717, 1.165) is 18.6 Å². The van der Waals surface area contributed by atoms with E-state index in [9.17, 15) is 0 Å². The van der Waals surface area contributed by atoms with Gasteiger partial charge in [0, 0.05) is 24.5 Å². The molecule has 2 nitrogen and oxygen atoms in total. The molecule has 2 aromatic rings. The van der Waals surface area contributed by atoms with Crippen LogP contribution in [0.1, 0.15) is 33.4 Å². The van der Waals surface area contributed by atoms with Gasteiger partial charge in [-0.25, -0.2) is 0 Å². The Morgan fingerprint density at radius 1 is 0.625 bits per heavy atom. The smallest absolute Gasteiger partial charge is 0.133 e. The molecule has 1 fully saturated rings. The molecule has 2 aromatic carbocycles. The quantitative estimate of drug-likeness (QED) is 0.704. The van der Waals surface area contributed by atoms with Crippen LogP contribution in [0, 0.1) is 41.5 Å². The Bertz CT molecular complexity index is 709. The van der Waals surface area contributed by atoms with Crippen LogP contribution >= 0.6 is 8.86 Å². The number of hydrogen-bond acceptors (Lipinski definition) is 0. The predicted octanol–water partition coefficient (Wildman–Crippen LogP) is 5.09. The Balaban J connectivity index is 2.00. The molecule has 126 valence electrons. The molecule has 3 rings (SSSR count). The summed E-state index contributed by atoms with van der Waals surface area (Å²) in [5.74, 6) is 0. The molecule has 0 saturated carbocycles. The lowest BCUT2D eigenvalue weighted by Crippen LogP contribution is -2.32. The lowest BCUT2D eigenvalue weighted by molar-refractivity contribution is 1.01. The summed E-state index contributed by atoms with van der Waals surface area (Å²) >= 11 is 0. The summed E-state index contributed by atoms with van der Waals surface area (Å²) in [5.41, 5.74) is 11.8. The third-order valence-corrected chi connectivity index (χ3v) is 5.41. The maximum Gasteiger partial charge on any atom is 0.133 e. The molecule has 24 heavy (non-hydrogen) atoms. The summed E-state index contributed by atoms with van der Waals surface area (Å²) in [6.07, 6.45) is 0. The van der Waals surface area contributed by atoms with E-state index in [1.165, 1.54) is 44.8 Å². The van der Waals surface area contributed by atoms with Crippen LogP contribution in [0.25, 0.3) is 0 Å². The molecule has 3 heteroatoms. The summed E-state index contributed by atoms with van der Waals surface area (Å²) in [4.78, 5) is 4.81. The molecule has 0 aliphatic carbocycles. The van der Waals surface area contributed by atoms with Crippen LogP contribution in [0.15, 0.2) is 24.3 Å². The highest BCUT2D eigenvalue weighted by molar-refractivity contribution is 7.22. The SMILES string of the molecule is Cc1cc(C)c(N2CCN(c3c(C)cc(C)cc3C)C2=P)c(C)c1. The summed E-state index contributed by atoms with van der Waals surface area (Å²) in [7, 11) is 3.95. The highest BCUT2D eigenvalue weighted by Gasteiger charge is 2.29. The molecule has 0 spiro atoms. The highest BCUT2D eigenvalue weighted by atomic mass is 31.0. The molecule has 0 atom stereocenters. The van der Waals surface area contributed by atoms with Crippen LogP contribution in [0.2, 0.25) is 0 Å². The number of anilines is 2. The molecule has 1 aliphatic heterocycles. The van der Waals surface area contributed by atoms with Crippen molar-refractivity contribution in [2.45, 2.75) is 41.5 Å². The van der Waals surface area contributed by atoms with Gasteiger partial charge in [0.2, 0.25) is 0 Å². The van der Waals surface area contributed by atoms with Gasteiger partial charge >= 0.3 is 0 Å². The fourth-order valence-electron chi connectivity index (χ4n) is 4.19. The minimum absolute atomic E-state index is 0.996. The van der Waals surface area contributed by atoms with Crippen molar-refractivity contribution in [2.75, 3.05) is 22.9 Å². The third-order valence-electron chi connectivity index (χ3n) is 4.87. The second-order valence-electron chi connectivity index (χ2n) is 7.12. The Kier molecular flexibility index (Phi) is 4.44. The summed E-state index contributed by atoms with van der Waals surface area (Å²) in [5, 5.41) is 0. The van der Waals surface area contributed by atoms with E-state index < -0.39 is 0 Å². The molecule has 1 saturated heterocycles. The zero-order valence-electron chi connectivity index (χ0n) is 15.6. The van der Waals surface area contributed by atoms with Gasteiger partial charge < -0.3 is 9.80 Å². The second-order valence-corrected chi connectivity index (χ2v) is 7.57. The summed E-state index contributed by atoms with van der Waals surface area (Å²) < 4.78 is 0. The molecule has 0 unspecified atom stereocenters. The number of rotatable bonds is 2. The van der Waals surface area contributed by atoms with E-state index in [2.05, 4.69) is 84.5 Å². The van der Waals surface area contributed by atoms with Crippen molar-refractivity contribution in [3.8, 4) is 0 Å². The molecule has 0 aromatic heterocycles. The lowest BCUT2D eigenvalue weighted by Gasteiger charge is -2.28. The number of aryl methyl sites for hydroxylation is 6. The van der Waals surface area contributed by atoms with Crippen molar-refractivity contribution >= 4 is 25.8 Å². The fraction of sp³-hybridized carbons (Fsp3) is 0.381. The monoisotopic (exact) mass is 338 g/mol. The van der Waals surface area contributed by atoms with E-state index >= 15 is 0 Å². The zero-order valence-corrected chi connectivity index (χ0v) is 16.6. The lowest BCUT2D eigenvalue weighted by atomic mass is 10.0. The van der Waals surface area contributed by atoms with Gasteiger partial charge in [-0.2, -0.15) is 0 Å². The van der Waals surface area contributed by atoms with Crippen LogP contribution in [-0.2, 0) is 0 Å². The minimum Gasteiger partial charge on any atom is -0.322 e. The van der Waals surface area contributed by atoms with Crippen LogP contribution in [0.3, 0.4) is 0 Å². The van der Waals surface area contributed by atoms with E-state index in [1.807, 2.05) is 0 Å². The van der Waals surface area contributed by atoms with Crippen LogP contribution < -0.4 is 9.80 Å². The second kappa shape index (κ2) is 6.26. The molecule has 0 N–H and O–H groups in total. The first-order chi connectivity index (χ1) is 11.3. The Hall–Kier alpha value is -1.79. The van der Waals surface area contributed by atoms with Crippen molar-refractivity contribution in [1.82, 2.24) is 0 Å². The van der Waals surface area contributed by atoms with Crippen molar-refractivity contribution in [3.05, 3.63) is 57.6 Å². The molecule has 1 heterocycles. The van der Waals surface area contributed by atoms with Gasteiger partial charge in [0.1, 0.15) is 5.54 Å². The molecular formula is C21H27N2P. The first-order valence-electron chi connectivity index (χ1n) is 8.59. The summed E-state index contributed by atoms with van der Waals surface area (Å²) in [6, 6.07) is 9.08. The predicted molar refractivity (Wildman–Crippen MR) is 109 cm³/mol. The van der Waals surface area contributed by atoms with E-state index in [1.54, 1.807) is 0 Å². The molecule has 0 bridgehead atoms. The van der Waals surface area contributed by atoms with Crippen LogP contribution in [-0.4, -0.2) is 18.6 Å². The number of benzene rings is 2. The third kappa shape index (κ3) is 2.84. The first kappa shape index (κ1) is 17.0. The average Bonchev–Trinajstić information content (AvgIpc) is 2.79. The van der Waals surface area contributed by atoms with Gasteiger partial charge in [0.15, 0.2) is 0 Å². The van der Waals surface area contributed by atoms with Gasteiger partial charge in [0.05, 0.1) is 0 Å². The normalized spacial score (nSPS) is 14.7. The van der Waals surface area contributed by atoms with Crippen molar-refractivity contribution < 1.29 is 0 Å². The van der Waals surface area contributed by atoms with Gasteiger partial charge in [-0.1, -0.05) is 44.3 Å². The summed E-state index contributed by atoms with van der Waals surface area (Å²) in [6.45, 7) is 15.2. The van der Waals surface area contributed by atoms with E-state index in [-0.39, 0.29) is 0 Å². The maximum absolute atomic E-state index is 3.95. The van der Waals surface area contributed by atoms with Gasteiger partial charge in [-0.3, -0.25) is 0 Å². The number of hydrogen-bond donors (Lipinski definition) is 0. The zero-order chi connectivity index (χ0) is 17.6. The van der Waals surface area contributed by atoms with Gasteiger partial charge in [-0.05, 0) is 63.8 Å². The Morgan fingerprint density at radius 2 is 0.917 bits per heavy atom. The van der Waals surface area contributed by atoms with Crippen molar-refractivity contribution in [3.63, 3.8) is 0 Å². The molecule has 1 aliphatic rings. The van der Waals surface area contributed by atoms with Crippen LogP contribution in [0.5, 0.6) is 0 Å².